The molecule has 186 valence electrons. The van der Waals surface area contributed by atoms with Crippen molar-refractivity contribution in [3.8, 4) is 0 Å². The van der Waals surface area contributed by atoms with E-state index in [0.717, 1.165) is 6.04 Å². The molecule has 2 unspecified atom stereocenters. The quantitative estimate of drug-likeness (QED) is 0.369. The molecule has 0 bridgehead atoms. The highest BCUT2D eigenvalue weighted by Crippen LogP contribution is 2.31. The maximum atomic E-state index is 13.3. The number of carboxylic acids is 2. The SMILES string of the molecule is C1CC2CN2C1.CC(C)Cc1c(C(=O)O)cc2oc3cc(C(=O)O)ccc3c(=O)c2c1CC(C)C. The highest BCUT2D eigenvalue weighted by molar-refractivity contribution is 6.00. The lowest BCUT2D eigenvalue weighted by Crippen LogP contribution is -2.15. The van der Waals surface area contributed by atoms with E-state index in [0.29, 0.717) is 29.4 Å². The fraction of sp³-hybridized carbons (Fsp3) is 0.464. The first-order chi connectivity index (χ1) is 16.6. The predicted molar refractivity (Wildman–Crippen MR) is 136 cm³/mol. The number of benzene rings is 2. The third kappa shape index (κ3) is 5.25. The Morgan fingerprint density at radius 2 is 1.69 bits per heavy atom. The van der Waals surface area contributed by atoms with E-state index >= 15 is 0 Å². The summed E-state index contributed by atoms with van der Waals surface area (Å²) in [6, 6.07) is 6.56. The second-order valence-corrected chi connectivity index (χ2v) is 10.5. The van der Waals surface area contributed by atoms with E-state index in [4.69, 9.17) is 4.42 Å². The van der Waals surface area contributed by atoms with Crippen molar-refractivity contribution in [3.05, 3.63) is 56.7 Å². The number of hydrogen-bond acceptors (Lipinski definition) is 5. The Hall–Kier alpha value is -3.19. The lowest BCUT2D eigenvalue weighted by molar-refractivity contribution is 0.0685. The Morgan fingerprint density at radius 1 is 1.00 bits per heavy atom. The standard InChI is InChI=1S/C23H24O6.C5H9N/c1-11(2)7-15-16(8-12(3)4)20-19(10-17(15)23(27)28)29-18-9-13(22(25)26)5-6-14(18)21(20)24;1-2-5-4-6(5)3-1/h5-6,9-12H,7-8H2,1-4H3,(H,25,26)(H,27,28);5H,1-4H2. The summed E-state index contributed by atoms with van der Waals surface area (Å²) in [5.41, 5.74) is 1.53. The summed E-state index contributed by atoms with van der Waals surface area (Å²) in [7, 11) is 0. The third-order valence-electron chi connectivity index (χ3n) is 6.70. The lowest BCUT2D eigenvalue weighted by atomic mass is 9.86. The summed E-state index contributed by atoms with van der Waals surface area (Å²) in [5.74, 6) is -1.79. The van der Waals surface area contributed by atoms with Crippen LogP contribution in [0.2, 0.25) is 0 Å². The smallest absolute Gasteiger partial charge is 0.336 e. The molecular weight excluding hydrogens is 446 g/mol. The van der Waals surface area contributed by atoms with Gasteiger partial charge >= 0.3 is 11.9 Å². The minimum atomic E-state index is -1.13. The van der Waals surface area contributed by atoms with Gasteiger partial charge in [-0.2, -0.15) is 0 Å². The molecule has 0 radical (unpaired) electrons. The van der Waals surface area contributed by atoms with E-state index in [-0.39, 0.29) is 44.9 Å². The molecule has 0 spiro atoms. The van der Waals surface area contributed by atoms with Crippen LogP contribution >= 0.6 is 0 Å². The predicted octanol–water partition coefficient (Wildman–Crippen LogP) is 5.20. The first-order valence-electron chi connectivity index (χ1n) is 12.3. The molecule has 7 nitrogen and oxygen atoms in total. The molecule has 2 atom stereocenters. The molecule has 2 aliphatic heterocycles. The molecule has 1 aromatic heterocycles. The molecule has 2 N–H and O–H groups in total. The minimum absolute atomic E-state index is 0.00251. The molecule has 0 aliphatic carbocycles. The van der Waals surface area contributed by atoms with Crippen LogP contribution in [0, 0.1) is 11.8 Å². The first kappa shape index (κ1) is 24.9. The van der Waals surface area contributed by atoms with Gasteiger partial charge in [-0.25, -0.2) is 9.59 Å². The van der Waals surface area contributed by atoms with Gasteiger partial charge in [-0.3, -0.25) is 9.69 Å². The van der Waals surface area contributed by atoms with Gasteiger partial charge in [0.25, 0.3) is 0 Å². The summed E-state index contributed by atoms with van der Waals surface area (Å²) in [5, 5.41) is 19.7. The van der Waals surface area contributed by atoms with Crippen LogP contribution in [0.4, 0.5) is 0 Å². The number of fused-ring (bicyclic) bond motifs is 3. The van der Waals surface area contributed by atoms with Crippen LogP contribution in [0.5, 0.6) is 0 Å². The molecule has 2 fully saturated rings. The van der Waals surface area contributed by atoms with Gasteiger partial charge in [0.15, 0.2) is 0 Å². The van der Waals surface area contributed by atoms with Gasteiger partial charge in [0.1, 0.15) is 11.2 Å². The van der Waals surface area contributed by atoms with Gasteiger partial charge in [-0.15, -0.1) is 0 Å². The first-order valence-corrected chi connectivity index (χ1v) is 12.3. The molecule has 5 rings (SSSR count). The number of carboxylic acid groups (broad SMARTS) is 2. The lowest BCUT2D eigenvalue weighted by Gasteiger charge is -2.19. The number of piperidine rings is 1. The second kappa shape index (κ2) is 9.82. The van der Waals surface area contributed by atoms with Crippen molar-refractivity contribution in [1.29, 1.82) is 0 Å². The maximum absolute atomic E-state index is 13.3. The Bertz CT molecular complexity index is 1350. The van der Waals surface area contributed by atoms with E-state index in [9.17, 15) is 24.6 Å². The molecule has 35 heavy (non-hydrogen) atoms. The van der Waals surface area contributed by atoms with Crippen molar-refractivity contribution in [1.82, 2.24) is 4.90 Å². The van der Waals surface area contributed by atoms with E-state index in [1.54, 1.807) is 0 Å². The van der Waals surface area contributed by atoms with Crippen LogP contribution in [-0.4, -0.2) is 46.2 Å². The molecule has 2 saturated heterocycles. The van der Waals surface area contributed by atoms with Crippen LogP contribution in [0.1, 0.15) is 72.4 Å². The van der Waals surface area contributed by atoms with Crippen LogP contribution in [0.3, 0.4) is 0 Å². The van der Waals surface area contributed by atoms with Crippen molar-refractivity contribution in [2.45, 2.75) is 59.4 Å². The van der Waals surface area contributed by atoms with Gasteiger partial charge in [-0.1, -0.05) is 27.7 Å². The fourth-order valence-corrected chi connectivity index (χ4v) is 5.03. The van der Waals surface area contributed by atoms with Gasteiger partial charge in [-0.05, 0) is 79.5 Å². The number of hydrogen-bond donors (Lipinski definition) is 2. The molecule has 2 aromatic carbocycles. The average molecular weight is 480 g/mol. The Kier molecular flexibility index (Phi) is 6.99. The molecule has 2 aliphatic rings. The second-order valence-electron chi connectivity index (χ2n) is 10.5. The van der Waals surface area contributed by atoms with Gasteiger partial charge in [0, 0.05) is 12.6 Å². The van der Waals surface area contributed by atoms with Crippen LogP contribution in [0.25, 0.3) is 21.9 Å². The number of rotatable bonds is 6. The van der Waals surface area contributed by atoms with E-state index in [2.05, 4.69) is 4.90 Å². The zero-order valence-corrected chi connectivity index (χ0v) is 20.8. The van der Waals surface area contributed by atoms with Crippen LogP contribution < -0.4 is 5.43 Å². The van der Waals surface area contributed by atoms with Crippen molar-refractivity contribution in [2.75, 3.05) is 13.1 Å². The van der Waals surface area contributed by atoms with Crippen LogP contribution in [0.15, 0.2) is 33.5 Å². The monoisotopic (exact) mass is 479 g/mol. The molecule has 7 heteroatoms. The zero-order chi connectivity index (χ0) is 25.4. The van der Waals surface area contributed by atoms with Crippen molar-refractivity contribution >= 4 is 33.9 Å². The molecule has 0 saturated carbocycles. The minimum Gasteiger partial charge on any atom is -0.478 e. The number of carbonyl (C=O) groups is 2. The number of nitrogens with zero attached hydrogens (tertiary/aromatic N) is 1. The Labute approximate surface area is 204 Å². The largest absolute Gasteiger partial charge is 0.478 e. The summed E-state index contributed by atoms with van der Waals surface area (Å²) in [4.78, 5) is 39.1. The van der Waals surface area contributed by atoms with E-state index < -0.39 is 11.9 Å². The molecular formula is C28H33NO6. The third-order valence-corrected chi connectivity index (χ3v) is 6.70. The van der Waals surface area contributed by atoms with Crippen molar-refractivity contribution in [3.63, 3.8) is 0 Å². The van der Waals surface area contributed by atoms with E-state index in [1.165, 1.54) is 50.2 Å². The molecule has 0 amide bonds. The highest BCUT2D eigenvalue weighted by atomic mass is 16.4. The van der Waals surface area contributed by atoms with Gasteiger partial charge in [0.2, 0.25) is 5.43 Å². The summed E-state index contributed by atoms with van der Waals surface area (Å²) in [6.07, 6.45) is 4.03. The van der Waals surface area contributed by atoms with Crippen molar-refractivity contribution < 1.29 is 24.2 Å². The molecule has 3 aromatic rings. The highest BCUT2D eigenvalue weighted by Gasteiger charge is 2.37. The topological polar surface area (TPSA) is 108 Å². The van der Waals surface area contributed by atoms with Crippen LogP contribution in [-0.2, 0) is 12.8 Å². The summed E-state index contributed by atoms with van der Waals surface area (Å²) < 4.78 is 5.86. The van der Waals surface area contributed by atoms with Gasteiger partial charge in [0.05, 0.1) is 21.9 Å². The number of aromatic carboxylic acids is 2. The summed E-state index contributed by atoms with van der Waals surface area (Å²) >= 11 is 0. The Balaban J connectivity index is 0.000000411. The zero-order valence-electron chi connectivity index (χ0n) is 20.8. The Morgan fingerprint density at radius 3 is 2.17 bits per heavy atom. The average Bonchev–Trinajstić information content (AvgIpc) is 3.38. The van der Waals surface area contributed by atoms with E-state index in [1.807, 2.05) is 27.7 Å². The molecule has 3 heterocycles. The summed E-state index contributed by atoms with van der Waals surface area (Å²) in [6.45, 7) is 10.8. The normalized spacial score (nSPS) is 18.6. The maximum Gasteiger partial charge on any atom is 0.336 e. The van der Waals surface area contributed by atoms with Crippen molar-refractivity contribution in [2.24, 2.45) is 11.8 Å². The fourth-order valence-electron chi connectivity index (χ4n) is 5.03. The van der Waals surface area contributed by atoms with Gasteiger partial charge < -0.3 is 14.6 Å².